The Labute approximate surface area is 121 Å². The van der Waals surface area contributed by atoms with Gasteiger partial charge in [-0.2, -0.15) is 0 Å². The molecule has 2 heterocycles. The van der Waals surface area contributed by atoms with Crippen LogP contribution in [0, 0.1) is 0 Å². The summed E-state index contributed by atoms with van der Waals surface area (Å²) in [4.78, 5) is 20.4. The Hall–Kier alpha value is -2.89. The number of furan rings is 1. The van der Waals surface area contributed by atoms with Crippen LogP contribution in [-0.2, 0) is 6.42 Å². The summed E-state index contributed by atoms with van der Waals surface area (Å²) in [6, 6.07) is 11.0. The van der Waals surface area contributed by atoms with Crippen molar-refractivity contribution in [2.75, 3.05) is 12.3 Å². The van der Waals surface area contributed by atoms with E-state index >= 15 is 0 Å². The zero-order valence-electron chi connectivity index (χ0n) is 11.2. The number of nitrogens with one attached hydrogen (secondary N) is 1. The van der Waals surface area contributed by atoms with Crippen LogP contribution in [0.3, 0.4) is 0 Å². The Kier molecular flexibility index (Phi) is 3.51. The van der Waals surface area contributed by atoms with Gasteiger partial charge < -0.3 is 15.5 Å². The summed E-state index contributed by atoms with van der Waals surface area (Å²) in [6.45, 7) is 0.463. The van der Waals surface area contributed by atoms with Crippen LogP contribution in [0.1, 0.15) is 16.2 Å². The van der Waals surface area contributed by atoms with Crippen molar-refractivity contribution in [1.29, 1.82) is 0 Å². The molecule has 1 aromatic carbocycles. The average molecular weight is 282 g/mol. The second kappa shape index (κ2) is 5.62. The molecule has 1 amide bonds. The Morgan fingerprint density at radius 2 is 2.05 bits per heavy atom. The molecule has 0 unspecified atom stereocenters. The Morgan fingerprint density at radius 1 is 1.19 bits per heavy atom. The van der Waals surface area contributed by atoms with E-state index in [4.69, 9.17) is 10.2 Å². The van der Waals surface area contributed by atoms with Gasteiger partial charge in [0.2, 0.25) is 5.95 Å². The summed E-state index contributed by atoms with van der Waals surface area (Å²) in [5.41, 5.74) is 6.59. The van der Waals surface area contributed by atoms with Crippen molar-refractivity contribution in [1.82, 2.24) is 15.3 Å². The second-order valence-corrected chi connectivity index (χ2v) is 4.53. The van der Waals surface area contributed by atoms with Crippen molar-refractivity contribution < 1.29 is 9.21 Å². The van der Waals surface area contributed by atoms with E-state index in [1.54, 1.807) is 18.4 Å². The minimum atomic E-state index is -0.271. The number of aromatic nitrogens is 2. The number of anilines is 1. The largest absolute Gasteiger partial charge is 0.469 e. The van der Waals surface area contributed by atoms with Crippen molar-refractivity contribution in [3.05, 3.63) is 54.1 Å². The van der Waals surface area contributed by atoms with Gasteiger partial charge >= 0.3 is 0 Å². The Morgan fingerprint density at radius 3 is 2.86 bits per heavy atom. The van der Waals surface area contributed by atoms with Crippen molar-refractivity contribution in [2.45, 2.75) is 6.42 Å². The maximum atomic E-state index is 12.3. The molecule has 6 nitrogen and oxygen atoms in total. The van der Waals surface area contributed by atoms with E-state index in [0.717, 1.165) is 5.76 Å². The van der Waals surface area contributed by atoms with Gasteiger partial charge in [-0.1, -0.05) is 18.2 Å². The summed E-state index contributed by atoms with van der Waals surface area (Å²) >= 11 is 0. The quantitative estimate of drug-likeness (QED) is 0.760. The molecule has 0 spiro atoms. The lowest BCUT2D eigenvalue weighted by Gasteiger charge is -2.07. The molecule has 0 fully saturated rings. The number of hydrogen-bond acceptors (Lipinski definition) is 5. The number of fused-ring (bicyclic) bond motifs is 1. The van der Waals surface area contributed by atoms with Gasteiger partial charge in [0.15, 0.2) is 0 Å². The molecular formula is C15H14N4O2. The fraction of sp³-hybridized carbons (Fsp3) is 0.133. The van der Waals surface area contributed by atoms with Crippen LogP contribution in [0.4, 0.5) is 5.95 Å². The molecule has 0 saturated carbocycles. The standard InChI is InChI=1S/C15H14N4O2/c16-15-18-12-6-2-1-5-11(12)13(19-15)14(20)17-8-7-10-4-3-9-21-10/h1-6,9H,7-8H2,(H,17,20)(H2,16,18,19). The zero-order chi connectivity index (χ0) is 14.7. The Bertz CT molecular complexity index is 768. The smallest absolute Gasteiger partial charge is 0.270 e. The number of hydrogen-bond donors (Lipinski definition) is 2. The molecule has 3 N–H and O–H groups in total. The average Bonchev–Trinajstić information content (AvgIpc) is 2.99. The van der Waals surface area contributed by atoms with E-state index in [1.165, 1.54) is 0 Å². The third kappa shape index (κ3) is 2.84. The maximum absolute atomic E-state index is 12.3. The minimum absolute atomic E-state index is 0.0879. The number of amides is 1. The predicted molar refractivity (Wildman–Crippen MR) is 78.7 cm³/mol. The van der Waals surface area contributed by atoms with Crippen LogP contribution in [0.15, 0.2) is 47.1 Å². The normalized spacial score (nSPS) is 10.7. The van der Waals surface area contributed by atoms with Gasteiger partial charge in [-0.05, 0) is 18.2 Å². The first-order valence-electron chi connectivity index (χ1n) is 6.57. The molecule has 0 saturated heterocycles. The first-order chi connectivity index (χ1) is 10.2. The Balaban J connectivity index is 1.78. The van der Waals surface area contributed by atoms with Crippen molar-refractivity contribution in [2.24, 2.45) is 0 Å². The molecule has 21 heavy (non-hydrogen) atoms. The van der Waals surface area contributed by atoms with E-state index in [1.807, 2.05) is 24.3 Å². The van der Waals surface area contributed by atoms with E-state index in [9.17, 15) is 4.79 Å². The fourth-order valence-corrected chi connectivity index (χ4v) is 2.11. The van der Waals surface area contributed by atoms with Crippen molar-refractivity contribution >= 4 is 22.8 Å². The van der Waals surface area contributed by atoms with Gasteiger partial charge in [0.25, 0.3) is 5.91 Å². The number of nitrogens with two attached hydrogens (primary N) is 1. The topological polar surface area (TPSA) is 94.0 Å². The van der Waals surface area contributed by atoms with E-state index < -0.39 is 0 Å². The molecule has 6 heteroatoms. The first-order valence-corrected chi connectivity index (χ1v) is 6.57. The summed E-state index contributed by atoms with van der Waals surface area (Å²) in [6.07, 6.45) is 2.23. The molecule has 2 aromatic heterocycles. The number of benzene rings is 1. The van der Waals surface area contributed by atoms with Gasteiger partial charge in [-0.15, -0.1) is 0 Å². The summed E-state index contributed by atoms with van der Waals surface area (Å²) in [5.74, 6) is 0.638. The number of carbonyl (C=O) groups excluding carboxylic acids is 1. The number of nitrogens with zero attached hydrogens (tertiary/aromatic N) is 2. The first kappa shape index (κ1) is 13.1. The van der Waals surface area contributed by atoms with E-state index in [0.29, 0.717) is 23.9 Å². The maximum Gasteiger partial charge on any atom is 0.270 e. The lowest BCUT2D eigenvalue weighted by atomic mass is 10.2. The van der Waals surface area contributed by atoms with Crippen LogP contribution in [0.25, 0.3) is 10.9 Å². The summed E-state index contributed by atoms with van der Waals surface area (Å²) in [5, 5.41) is 3.49. The van der Waals surface area contributed by atoms with E-state index in [2.05, 4.69) is 15.3 Å². The van der Waals surface area contributed by atoms with E-state index in [-0.39, 0.29) is 17.5 Å². The minimum Gasteiger partial charge on any atom is -0.469 e. The molecule has 0 radical (unpaired) electrons. The third-order valence-electron chi connectivity index (χ3n) is 3.07. The number of carbonyl (C=O) groups is 1. The monoisotopic (exact) mass is 282 g/mol. The molecule has 0 bridgehead atoms. The second-order valence-electron chi connectivity index (χ2n) is 4.53. The molecule has 0 aliphatic rings. The molecule has 106 valence electrons. The van der Waals surface area contributed by atoms with Crippen molar-refractivity contribution in [3.8, 4) is 0 Å². The highest BCUT2D eigenvalue weighted by atomic mass is 16.3. The molecule has 0 atom stereocenters. The molecular weight excluding hydrogens is 268 g/mol. The third-order valence-corrected chi connectivity index (χ3v) is 3.07. The lowest BCUT2D eigenvalue weighted by molar-refractivity contribution is 0.0950. The van der Waals surface area contributed by atoms with Gasteiger partial charge in [-0.25, -0.2) is 9.97 Å². The molecule has 0 aliphatic heterocycles. The van der Waals surface area contributed by atoms with Crippen LogP contribution in [0.5, 0.6) is 0 Å². The van der Waals surface area contributed by atoms with Gasteiger partial charge in [0.05, 0.1) is 11.8 Å². The number of para-hydroxylation sites is 1. The highest BCUT2D eigenvalue weighted by Crippen LogP contribution is 2.16. The zero-order valence-corrected chi connectivity index (χ0v) is 11.2. The number of rotatable bonds is 4. The summed E-state index contributed by atoms with van der Waals surface area (Å²) in [7, 11) is 0. The van der Waals surface area contributed by atoms with Crippen LogP contribution in [-0.4, -0.2) is 22.4 Å². The SMILES string of the molecule is Nc1nc(C(=O)NCCc2ccco2)c2ccccc2n1. The van der Waals surface area contributed by atoms with Crippen LogP contribution < -0.4 is 11.1 Å². The molecule has 3 rings (SSSR count). The molecule has 3 aromatic rings. The lowest BCUT2D eigenvalue weighted by Crippen LogP contribution is -2.27. The highest BCUT2D eigenvalue weighted by molar-refractivity contribution is 6.04. The van der Waals surface area contributed by atoms with Crippen LogP contribution in [0.2, 0.25) is 0 Å². The molecule has 0 aliphatic carbocycles. The van der Waals surface area contributed by atoms with Crippen LogP contribution >= 0.6 is 0 Å². The van der Waals surface area contributed by atoms with Gasteiger partial charge in [-0.3, -0.25) is 4.79 Å². The van der Waals surface area contributed by atoms with Gasteiger partial charge in [0.1, 0.15) is 11.5 Å². The number of nitrogen functional groups attached to an aromatic ring is 1. The van der Waals surface area contributed by atoms with Crippen molar-refractivity contribution in [3.63, 3.8) is 0 Å². The highest BCUT2D eigenvalue weighted by Gasteiger charge is 2.13. The summed E-state index contributed by atoms with van der Waals surface area (Å²) < 4.78 is 5.21. The fourth-order valence-electron chi connectivity index (χ4n) is 2.11. The predicted octanol–water partition coefficient (Wildman–Crippen LogP) is 1.78. The van der Waals surface area contributed by atoms with Gasteiger partial charge in [0, 0.05) is 18.4 Å².